The molecule has 0 atom stereocenters. The van der Waals surface area contributed by atoms with Crippen molar-refractivity contribution >= 4 is 51.4 Å². The fourth-order valence-electron chi connectivity index (χ4n) is 0.167. The van der Waals surface area contributed by atoms with Crippen molar-refractivity contribution in [2.45, 2.75) is 0 Å². The number of H-pyrrole nitrogens is 1. The van der Waals surface area contributed by atoms with Crippen LogP contribution in [0.2, 0.25) is 0 Å². The van der Waals surface area contributed by atoms with Gasteiger partial charge in [0.15, 0.2) is 0 Å². The van der Waals surface area contributed by atoms with Crippen molar-refractivity contribution in [1.29, 1.82) is 0 Å². The molecule has 0 bridgehead atoms. The van der Waals surface area contributed by atoms with E-state index in [9.17, 15) is 0 Å². The van der Waals surface area contributed by atoms with Crippen LogP contribution < -0.4 is 0 Å². The van der Waals surface area contributed by atoms with Crippen molar-refractivity contribution < 1.29 is 0 Å². The summed E-state index contributed by atoms with van der Waals surface area (Å²) in [5.41, 5.74) is 0. The molecule has 0 saturated heterocycles. The molecule has 0 aliphatic carbocycles. The molecule has 1 aromatic heterocycles. The molecule has 0 spiro atoms. The Morgan fingerprint density at radius 1 is 1.50 bits per heavy atom. The molecule has 0 fully saturated rings. The second-order valence-corrected chi connectivity index (χ2v) is 0.660. The first-order valence-corrected chi connectivity index (χ1v) is 1.30. The smallest absolute Gasteiger partial charge is 0.0690 e. The quantitative estimate of drug-likeness (QED) is 0.441. The van der Waals surface area contributed by atoms with E-state index in [1.807, 2.05) is 0 Å². The van der Waals surface area contributed by atoms with E-state index in [-0.39, 0.29) is 51.4 Å². The number of hydrogen-bond acceptors (Lipinski definition) is 2. The van der Waals surface area contributed by atoms with Crippen LogP contribution in [0.3, 0.4) is 0 Å². The van der Waals surface area contributed by atoms with Gasteiger partial charge in [-0.05, 0) is 0 Å². The first-order valence-electron chi connectivity index (χ1n) is 1.30. The normalized spacial score (nSPS) is 6.67. The molecule has 4 heteroatoms. The Hall–Kier alpha value is 0.776. The molecule has 6 heavy (non-hydrogen) atoms. The molecule has 1 rings (SSSR count). The van der Waals surface area contributed by atoms with Gasteiger partial charge in [0, 0.05) is 6.20 Å². The molecule has 0 amide bonds. The minimum absolute atomic E-state index is 0. The van der Waals surface area contributed by atoms with Gasteiger partial charge in [-0.25, -0.2) is 0 Å². The molecule has 0 saturated carbocycles. The molecule has 0 aromatic carbocycles. The predicted molar refractivity (Wildman–Crippen MR) is 23.5 cm³/mol. The van der Waals surface area contributed by atoms with Gasteiger partial charge in [0.25, 0.3) is 0 Å². The number of nitrogens with zero attached hydrogens (tertiary/aromatic N) is 2. The van der Waals surface area contributed by atoms with E-state index in [1.165, 1.54) is 0 Å². The zero-order valence-corrected chi connectivity index (χ0v) is 2.55. The second-order valence-electron chi connectivity index (χ2n) is 0.660. The minimum atomic E-state index is 0. The summed E-state index contributed by atoms with van der Waals surface area (Å²) in [4.78, 5) is 0. The molecule has 3 nitrogen and oxygen atoms in total. The topological polar surface area (TPSA) is 41.6 Å². The van der Waals surface area contributed by atoms with E-state index in [1.54, 1.807) is 12.4 Å². The van der Waals surface area contributed by atoms with Gasteiger partial charge in [-0.3, -0.25) is 5.10 Å². The van der Waals surface area contributed by atoms with Crippen molar-refractivity contribution in [2.75, 3.05) is 0 Å². The van der Waals surface area contributed by atoms with Crippen molar-refractivity contribution in [3.63, 3.8) is 0 Å². The van der Waals surface area contributed by atoms with Gasteiger partial charge >= 0.3 is 51.4 Å². The summed E-state index contributed by atoms with van der Waals surface area (Å²) in [6, 6.07) is 0. The summed E-state index contributed by atoms with van der Waals surface area (Å²) in [5, 5.41) is 9.26. The van der Waals surface area contributed by atoms with E-state index < -0.39 is 0 Å². The molecular formula is C2H4KN3. The Morgan fingerprint density at radius 3 is 2.50 bits per heavy atom. The van der Waals surface area contributed by atoms with Crippen LogP contribution in [0.15, 0.2) is 12.4 Å². The summed E-state index contributed by atoms with van der Waals surface area (Å²) in [5.74, 6) is 0. The van der Waals surface area contributed by atoms with Crippen LogP contribution in [0.5, 0.6) is 0 Å². The van der Waals surface area contributed by atoms with Crippen molar-refractivity contribution in [3.8, 4) is 0 Å². The maximum absolute atomic E-state index is 3.42. The van der Waals surface area contributed by atoms with E-state index in [0.717, 1.165) is 0 Å². The predicted octanol–water partition coefficient (Wildman–Crippen LogP) is -0.844. The molecule has 1 aromatic rings. The van der Waals surface area contributed by atoms with E-state index >= 15 is 0 Å². The second kappa shape index (κ2) is 3.95. The van der Waals surface area contributed by atoms with Gasteiger partial charge < -0.3 is 0 Å². The first kappa shape index (κ1) is 6.78. The van der Waals surface area contributed by atoms with Crippen molar-refractivity contribution in [1.82, 2.24) is 15.4 Å². The summed E-state index contributed by atoms with van der Waals surface area (Å²) in [7, 11) is 0. The van der Waals surface area contributed by atoms with Gasteiger partial charge in [0.05, 0.1) is 6.20 Å². The largest absolute Gasteiger partial charge is 0.266 e. The summed E-state index contributed by atoms with van der Waals surface area (Å²) in [6.45, 7) is 0. The van der Waals surface area contributed by atoms with Crippen LogP contribution >= 0.6 is 0 Å². The van der Waals surface area contributed by atoms with Gasteiger partial charge in [-0.1, -0.05) is 5.21 Å². The van der Waals surface area contributed by atoms with E-state index in [2.05, 4.69) is 15.4 Å². The van der Waals surface area contributed by atoms with Gasteiger partial charge in [-0.2, -0.15) is 0 Å². The van der Waals surface area contributed by atoms with E-state index in [0.29, 0.717) is 0 Å². The Labute approximate surface area is 77.9 Å². The summed E-state index contributed by atoms with van der Waals surface area (Å²) in [6.07, 6.45) is 3.24. The van der Waals surface area contributed by atoms with Gasteiger partial charge in [0.1, 0.15) is 0 Å². The van der Waals surface area contributed by atoms with Crippen molar-refractivity contribution in [2.24, 2.45) is 0 Å². The summed E-state index contributed by atoms with van der Waals surface area (Å²) >= 11 is 0. The van der Waals surface area contributed by atoms with Gasteiger partial charge in [0.2, 0.25) is 0 Å². The molecule has 0 radical (unpaired) electrons. The number of aromatic nitrogens is 3. The fraction of sp³-hybridized carbons (Fsp3) is 0. The monoisotopic (exact) mass is 109 g/mol. The Morgan fingerprint density at radius 2 is 2.33 bits per heavy atom. The molecule has 28 valence electrons. The number of nitrogens with one attached hydrogen (secondary N) is 1. The Bertz CT molecular complexity index is 65.3. The van der Waals surface area contributed by atoms with Gasteiger partial charge in [-0.15, -0.1) is 5.10 Å². The minimum Gasteiger partial charge on any atom is -0.266 e. The molecular weight excluding hydrogens is 105 g/mol. The van der Waals surface area contributed by atoms with Crippen LogP contribution in [0.1, 0.15) is 0 Å². The molecule has 1 heterocycles. The molecule has 1 N–H and O–H groups in total. The number of rotatable bonds is 0. The van der Waals surface area contributed by atoms with Crippen LogP contribution in [0, 0.1) is 0 Å². The van der Waals surface area contributed by atoms with Crippen LogP contribution in [-0.2, 0) is 0 Å². The average molecular weight is 109 g/mol. The Balaban J connectivity index is 0.000000250. The summed E-state index contributed by atoms with van der Waals surface area (Å²) < 4.78 is 0. The number of aromatic amines is 1. The third-order valence-corrected chi connectivity index (χ3v) is 0.331. The third kappa shape index (κ3) is 2.04. The average Bonchev–Trinajstić information content (AvgIpc) is 1.76. The zero-order valence-electron chi connectivity index (χ0n) is 2.55. The molecule has 0 unspecified atom stereocenters. The maximum Gasteiger partial charge on any atom is 0.0690 e. The number of hydrogen-bond donors (Lipinski definition) is 1. The van der Waals surface area contributed by atoms with Crippen molar-refractivity contribution in [3.05, 3.63) is 12.4 Å². The Kier molecular flexibility index (Phi) is 4.46. The van der Waals surface area contributed by atoms with Crippen LogP contribution in [0.25, 0.3) is 0 Å². The maximum atomic E-state index is 3.42. The standard InChI is InChI=1S/C2H3N3.K.H/c1-2-4-5-3-1;;/h1-2H,(H,3,4,5);;. The third-order valence-electron chi connectivity index (χ3n) is 0.331. The zero-order chi connectivity index (χ0) is 3.54. The van der Waals surface area contributed by atoms with Crippen LogP contribution in [-0.4, -0.2) is 66.8 Å². The van der Waals surface area contributed by atoms with Crippen LogP contribution in [0.4, 0.5) is 0 Å². The van der Waals surface area contributed by atoms with E-state index in [4.69, 9.17) is 0 Å². The first-order chi connectivity index (χ1) is 2.50. The SMILES string of the molecule is [KH].c1c[nH]nn1. The molecule has 0 aliphatic heterocycles. The molecule has 0 aliphatic rings. The fourth-order valence-corrected chi connectivity index (χ4v) is 0.167.